The lowest BCUT2D eigenvalue weighted by atomic mass is 10.2. The van der Waals surface area contributed by atoms with Crippen LogP contribution >= 0.6 is 15.9 Å². The van der Waals surface area contributed by atoms with E-state index in [0.717, 1.165) is 6.07 Å². The summed E-state index contributed by atoms with van der Waals surface area (Å²) in [6.07, 6.45) is -5.10. The number of ether oxygens (including phenoxy) is 1. The van der Waals surface area contributed by atoms with E-state index in [1.165, 1.54) is 0 Å². The van der Waals surface area contributed by atoms with Crippen molar-refractivity contribution >= 4 is 15.9 Å². The minimum Gasteiger partial charge on any atom is -0.389 e. The number of hydrogen-bond donors (Lipinski definition) is 1. The van der Waals surface area contributed by atoms with Crippen LogP contribution in [0.3, 0.4) is 0 Å². The Morgan fingerprint density at radius 3 is 2.65 bits per heavy atom. The van der Waals surface area contributed by atoms with E-state index in [4.69, 9.17) is 5.26 Å². The molecule has 17 heavy (non-hydrogen) atoms. The molecule has 0 saturated heterocycles. The van der Waals surface area contributed by atoms with Crippen molar-refractivity contribution in [2.24, 2.45) is 0 Å². The van der Waals surface area contributed by atoms with Gasteiger partial charge in [-0.2, -0.15) is 5.26 Å². The molecule has 1 heterocycles. The Bertz CT molecular complexity index is 504. The van der Waals surface area contributed by atoms with E-state index in [-0.39, 0.29) is 23.0 Å². The van der Waals surface area contributed by atoms with Crippen LogP contribution in [0.5, 0.6) is 5.88 Å². The van der Waals surface area contributed by atoms with E-state index < -0.39 is 17.7 Å². The van der Waals surface area contributed by atoms with Gasteiger partial charge in [0.05, 0.1) is 18.1 Å². The second kappa shape index (κ2) is 5.23. The van der Waals surface area contributed by atoms with Crippen LogP contribution in [-0.2, 0) is 11.8 Å². The summed E-state index contributed by atoms with van der Waals surface area (Å²) in [5.74, 6) is -0.688. The summed E-state index contributed by atoms with van der Waals surface area (Å²) in [6.45, 7) is 0. The highest BCUT2D eigenvalue weighted by atomic mass is 79.9. The molecule has 8 heteroatoms. The van der Waals surface area contributed by atoms with Gasteiger partial charge in [0.25, 0.3) is 0 Å². The van der Waals surface area contributed by atoms with E-state index in [9.17, 15) is 18.0 Å². The number of rotatable bonds is 3. The molecule has 0 amide bonds. The highest BCUT2D eigenvalue weighted by Gasteiger charge is 2.33. The number of aromatic amines is 1. The number of aromatic nitrogens is 1. The summed E-state index contributed by atoms with van der Waals surface area (Å²) in [4.78, 5) is 13.7. The predicted octanol–water partition coefficient (Wildman–Crippen LogP) is 2.23. The summed E-state index contributed by atoms with van der Waals surface area (Å²) in [5.41, 5.74) is -0.726. The van der Waals surface area contributed by atoms with Crippen molar-refractivity contribution < 1.29 is 17.9 Å². The quantitative estimate of drug-likeness (QED) is 0.871. The molecular weight excluding hydrogens is 305 g/mol. The fourth-order valence-electron chi connectivity index (χ4n) is 1.12. The van der Waals surface area contributed by atoms with E-state index in [2.05, 4.69) is 25.7 Å². The SMILES string of the molecule is N#CCc1cc(=O)c(CBr)c(OC(F)(F)F)[nH]1. The van der Waals surface area contributed by atoms with Gasteiger partial charge in [0.15, 0.2) is 5.43 Å². The van der Waals surface area contributed by atoms with Gasteiger partial charge in [0, 0.05) is 17.1 Å². The lowest BCUT2D eigenvalue weighted by Crippen LogP contribution is -2.22. The third-order valence-electron chi connectivity index (χ3n) is 1.77. The van der Waals surface area contributed by atoms with Crippen LogP contribution in [0.4, 0.5) is 13.2 Å². The number of pyridine rings is 1. The molecule has 0 aliphatic carbocycles. The molecule has 0 bridgehead atoms. The molecule has 1 aromatic heterocycles. The van der Waals surface area contributed by atoms with Crippen molar-refractivity contribution in [2.45, 2.75) is 18.1 Å². The zero-order valence-electron chi connectivity index (χ0n) is 8.27. The zero-order chi connectivity index (χ0) is 13.1. The van der Waals surface area contributed by atoms with Gasteiger partial charge in [-0.1, -0.05) is 15.9 Å². The summed E-state index contributed by atoms with van der Waals surface area (Å²) >= 11 is 2.90. The van der Waals surface area contributed by atoms with Gasteiger partial charge in [-0.25, -0.2) is 0 Å². The molecule has 0 spiro atoms. The number of nitrogens with zero attached hydrogens (tertiary/aromatic N) is 1. The van der Waals surface area contributed by atoms with E-state index in [0.29, 0.717) is 0 Å². The van der Waals surface area contributed by atoms with E-state index in [1.807, 2.05) is 0 Å². The van der Waals surface area contributed by atoms with E-state index >= 15 is 0 Å². The molecule has 0 saturated carbocycles. The Hall–Kier alpha value is -1.49. The maximum absolute atomic E-state index is 12.1. The van der Waals surface area contributed by atoms with Gasteiger partial charge < -0.3 is 9.72 Å². The van der Waals surface area contributed by atoms with Crippen LogP contribution in [0.1, 0.15) is 11.3 Å². The minimum atomic E-state index is -4.90. The Morgan fingerprint density at radius 1 is 1.53 bits per heavy atom. The number of H-pyrrole nitrogens is 1. The normalized spacial score (nSPS) is 11.0. The van der Waals surface area contributed by atoms with Crippen LogP contribution in [0.2, 0.25) is 0 Å². The van der Waals surface area contributed by atoms with Crippen molar-refractivity contribution in [3.63, 3.8) is 0 Å². The zero-order valence-corrected chi connectivity index (χ0v) is 9.85. The van der Waals surface area contributed by atoms with Gasteiger partial charge >= 0.3 is 6.36 Å². The molecule has 0 aliphatic heterocycles. The first-order chi connectivity index (χ1) is 7.87. The fraction of sp³-hybridized carbons (Fsp3) is 0.333. The number of nitriles is 1. The molecule has 1 rings (SSSR count). The van der Waals surface area contributed by atoms with Crippen molar-refractivity contribution in [3.05, 3.63) is 27.5 Å². The highest BCUT2D eigenvalue weighted by molar-refractivity contribution is 9.08. The van der Waals surface area contributed by atoms with Gasteiger partial charge in [-0.05, 0) is 0 Å². The van der Waals surface area contributed by atoms with Gasteiger partial charge in [0.2, 0.25) is 5.88 Å². The Balaban J connectivity index is 3.25. The van der Waals surface area contributed by atoms with E-state index in [1.54, 1.807) is 6.07 Å². The highest BCUT2D eigenvalue weighted by Crippen LogP contribution is 2.24. The molecular formula is C9H6BrF3N2O2. The van der Waals surface area contributed by atoms with Crippen LogP contribution in [0.15, 0.2) is 10.9 Å². The van der Waals surface area contributed by atoms with Gasteiger partial charge in [0.1, 0.15) is 0 Å². The van der Waals surface area contributed by atoms with Crippen LogP contribution < -0.4 is 10.2 Å². The first-order valence-corrected chi connectivity index (χ1v) is 5.43. The minimum absolute atomic E-state index is 0.0708. The molecule has 0 aliphatic rings. The number of alkyl halides is 4. The molecule has 4 nitrogen and oxygen atoms in total. The smallest absolute Gasteiger partial charge is 0.389 e. The average molecular weight is 311 g/mol. The molecule has 92 valence electrons. The molecule has 0 atom stereocenters. The van der Waals surface area contributed by atoms with Crippen molar-refractivity contribution in [3.8, 4) is 11.9 Å². The first-order valence-electron chi connectivity index (χ1n) is 4.31. The van der Waals surface area contributed by atoms with Crippen LogP contribution in [-0.4, -0.2) is 11.3 Å². The van der Waals surface area contributed by atoms with Crippen LogP contribution in [0, 0.1) is 11.3 Å². The lowest BCUT2D eigenvalue weighted by molar-refractivity contribution is -0.276. The van der Waals surface area contributed by atoms with Gasteiger partial charge in [-0.15, -0.1) is 13.2 Å². The molecule has 0 unspecified atom stereocenters. The second-order valence-electron chi connectivity index (χ2n) is 2.98. The summed E-state index contributed by atoms with van der Waals surface area (Å²) in [5, 5.41) is 8.33. The third kappa shape index (κ3) is 3.78. The first kappa shape index (κ1) is 13.6. The summed E-state index contributed by atoms with van der Waals surface area (Å²) in [7, 11) is 0. The van der Waals surface area contributed by atoms with Crippen molar-refractivity contribution in [1.82, 2.24) is 4.98 Å². The molecule has 1 aromatic rings. The second-order valence-corrected chi connectivity index (χ2v) is 3.54. The summed E-state index contributed by atoms with van der Waals surface area (Å²) < 4.78 is 39.9. The average Bonchev–Trinajstić information content (AvgIpc) is 2.15. The Morgan fingerprint density at radius 2 is 2.18 bits per heavy atom. The Kier molecular flexibility index (Phi) is 4.17. The molecule has 0 aromatic carbocycles. The molecule has 1 N–H and O–H groups in total. The fourth-order valence-corrected chi connectivity index (χ4v) is 1.66. The molecule has 0 radical (unpaired) electrons. The number of hydrogen-bond acceptors (Lipinski definition) is 3. The maximum atomic E-state index is 12.1. The summed E-state index contributed by atoms with van der Waals surface area (Å²) in [6, 6.07) is 2.79. The van der Waals surface area contributed by atoms with Crippen molar-refractivity contribution in [1.29, 1.82) is 5.26 Å². The Labute approximate surface area is 102 Å². The number of nitrogens with one attached hydrogen (secondary N) is 1. The topological polar surface area (TPSA) is 65.9 Å². The molecule has 0 fully saturated rings. The van der Waals surface area contributed by atoms with Crippen LogP contribution in [0.25, 0.3) is 0 Å². The predicted molar refractivity (Wildman–Crippen MR) is 55.7 cm³/mol. The monoisotopic (exact) mass is 310 g/mol. The third-order valence-corrected chi connectivity index (χ3v) is 2.33. The standard InChI is InChI=1S/C9H6BrF3N2O2/c10-4-6-7(16)3-5(1-2-14)15-8(6)17-9(11,12)13/h3H,1,4H2,(H,15,16). The largest absolute Gasteiger partial charge is 0.574 e. The van der Waals surface area contributed by atoms with Gasteiger partial charge in [-0.3, -0.25) is 4.79 Å². The maximum Gasteiger partial charge on any atom is 0.574 e. The lowest BCUT2D eigenvalue weighted by Gasteiger charge is -2.12. The number of halogens is 4. The van der Waals surface area contributed by atoms with Crippen molar-refractivity contribution in [2.75, 3.05) is 0 Å².